The van der Waals surface area contributed by atoms with Gasteiger partial charge in [-0.3, -0.25) is 4.79 Å². The maximum Gasteiger partial charge on any atom is 0.269 e. The van der Waals surface area contributed by atoms with Crippen molar-refractivity contribution in [1.29, 1.82) is 0 Å². The Morgan fingerprint density at radius 3 is 2.57 bits per heavy atom. The summed E-state index contributed by atoms with van der Waals surface area (Å²) in [5.41, 5.74) is 6.95. The van der Waals surface area contributed by atoms with Gasteiger partial charge in [0.2, 0.25) is 0 Å². The zero-order chi connectivity index (χ0) is 16.2. The Bertz CT molecular complexity index is 798. The Balaban J connectivity index is 1.72. The van der Waals surface area contributed by atoms with Crippen LogP contribution >= 0.6 is 0 Å². The lowest BCUT2D eigenvalue weighted by molar-refractivity contribution is 0.0994. The van der Waals surface area contributed by atoms with E-state index in [4.69, 9.17) is 5.73 Å². The Morgan fingerprint density at radius 2 is 1.91 bits per heavy atom. The van der Waals surface area contributed by atoms with Gasteiger partial charge in [-0.25, -0.2) is 4.68 Å². The molecule has 0 aliphatic heterocycles. The maximum atomic E-state index is 11.0. The summed E-state index contributed by atoms with van der Waals surface area (Å²) in [4.78, 5) is 11.0. The van der Waals surface area contributed by atoms with Crippen LogP contribution in [0.4, 0.5) is 5.82 Å². The first-order valence-corrected chi connectivity index (χ1v) is 7.01. The first-order valence-electron chi connectivity index (χ1n) is 7.01. The number of hydrogen-bond donors (Lipinski definition) is 2. The summed E-state index contributed by atoms with van der Waals surface area (Å²) in [6, 6.07) is 12.8. The predicted octanol–water partition coefficient (Wildman–Crippen LogP) is 1.33. The average Bonchev–Trinajstić information content (AvgIpc) is 3.06. The molecule has 0 saturated carbocycles. The number of carbonyl (C=O) groups is 1. The summed E-state index contributed by atoms with van der Waals surface area (Å²) in [6.07, 6.45) is 1.85. The lowest BCUT2D eigenvalue weighted by atomic mass is 10.2. The second-order valence-corrected chi connectivity index (χ2v) is 4.96. The van der Waals surface area contributed by atoms with Crippen molar-refractivity contribution >= 4 is 11.7 Å². The number of nitrogens with one attached hydrogen (secondary N) is 1. The van der Waals surface area contributed by atoms with E-state index in [1.165, 1.54) is 6.07 Å². The number of anilines is 1. The standard InChI is InChI=1S/C15H15N7O/c1-10(17-14-8-7-12(15(16)23)18-20-14)13-9-22(21-19-13)11-5-3-2-4-6-11/h2-10H,1H3,(H2,16,23)(H,17,20). The molecular weight excluding hydrogens is 294 g/mol. The molecule has 0 aliphatic carbocycles. The molecule has 1 amide bonds. The van der Waals surface area contributed by atoms with Crippen molar-refractivity contribution < 1.29 is 4.79 Å². The molecule has 2 heterocycles. The van der Waals surface area contributed by atoms with Gasteiger partial charge in [0.05, 0.1) is 17.9 Å². The lowest BCUT2D eigenvalue weighted by Gasteiger charge is -2.10. The largest absolute Gasteiger partial charge is 0.364 e. The molecule has 0 fully saturated rings. The van der Waals surface area contributed by atoms with Gasteiger partial charge in [0.25, 0.3) is 5.91 Å². The number of amides is 1. The first-order chi connectivity index (χ1) is 11.1. The first kappa shape index (κ1) is 14.6. The number of rotatable bonds is 5. The number of nitrogens with zero attached hydrogens (tertiary/aromatic N) is 5. The zero-order valence-corrected chi connectivity index (χ0v) is 12.4. The average molecular weight is 309 g/mol. The lowest BCUT2D eigenvalue weighted by Crippen LogP contribution is -2.15. The van der Waals surface area contributed by atoms with E-state index in [1.807, 2.05) is 43.5 Å². The van der Waals surface area contributed by atoms with Gasteiger partial charge < -0.3 is 11.1 Å². The summed E-state index contributed by atoms with van der Waals surface area (Å²) in [7, 11) is 0. The van der Waals surface area contributed by atoms with E-state index in [-0.39, 0.29) is 11.7 Å². The molecule has 3 aromatic rings. The van der Waals surface area contributed by atoms with Crippen LogP contribution in [0.15, 0.2) is 48.7 Å². The number of carbonyl (C=O) groups excluding carboxylic acids is 1. The number of para-hydroxylation sites is 1. The van der Waals surface area contributed by atoms with E-state index >= 15 is 0 Å². The van der Waals surface area contributed by atoms with Crippen LogP contribution in [0, 0.1) is 0 Å². The number of primary amides is 1. The van der Waals surface area contributed by atoms with Crippen LogP contribution in [0.3, 0.4) is 0 Å². The molecular formula is C15H15N7O. The molecule has 3 rings (SSSR count). The van der Waals surface area contributed by atoms with Crippen molar-refractivity contribution in [2.24, 2.45) is 5.73 Å². The highest BCUT2D eigenvalue weighted by Crippen LogP contribution is 2.16. The second kappa shape index (κ2) is 6.22. The van der Waals surface area contributed by atoms with E-state index in [0.717, 1.165) is 11.4 Å². The van der Waals surface area contributed by atoms with Gasteiger partial charge in [0.15, 0.2) is 5.69 Å². The Labute approximate surface area is 132 Å². The van der Waals surface area contributed by atoms with Crippen molar-refractivity contribution in [2.45, 2.75) is 13.0 Å². The van der Waals surface area contributed by atoms with Gasteiger partial charge in [-0.2, -0.15) is 0 Å². The zero-order valence-electron chi connectivity index (χ0n) is 12.4. The van der Waals surface area contributed by atoms with E-state index < -0.39 is 5.91 Å². The minimum absolute atomic E-state index is 0.123. The molecule has 0 radical (unpaired) electrons. The molecule has 23 heavy (non-hydrogen) atoms. The van der Waals surface area contributed by atoms with Gasteiger partial charge in [0, 0.05) is 0 Å². The van der Waals surface area contributed by atoms with Gasteiger partial charge in [-0.1, -0.05) is 23.4 Å². The van der Waals surface area contributed by atoms with Crippen molar-refractivity contribution in [3.63, 3.8) is 0 Å². The molecule has 2 aromatic heterocycles. The van der Waals surface area contributed by atoms with Crippen LogP contribution in [-0.4, -0.2) is 31.1 Å². The fourth-order valence-electron chi connectivity index (χ4n) is 2.02. The van der Waals surface area contributed by atoms with Crippen LogP contribution in [0.5, 0.6) is 0 Å². The van der Waals surface area contributed by atoms with Crippen LogP contribution in [0.25, 0.3) is 5.69 Å². The summed E-state index contributed by atoms with van der Waals surface area (Å²) in [6.45, 7) is 1.93. The molecule has 116 valence electrons. The molecule has 0 bridgehead atoms. The fraction of sp³-hybridized carbons (Fsp3) is 0.133. The van der Waals surface area contributed by atoms with Gasteiger partial charge in [-0.15, -0.1) is 15.3 Å². The highest BCUT2D eigenvalue weighted by molar-refractivity contribution is 5.90. The third-order valence-corrected chi connectivity index (χ3v) is 3.26. The Morgan fingerprint density at radius 1 is 1.13 bits per heavy atom. The van der Waals surface area contributed by atoms with E-state index in [2.05, 4.69) is 25.8 Å². The highest BCUT2D eigenvalue weighted by Gasteiger charge is 2.12. The van der Waals surface area contributed by atoms with Crippen LogP contribution in [-0.2, 0) is 0 Å². The molecule has 8 nitrogen and oxygen atoms in total. The highest BCUT2D eigenvalue weighted by atomic mass is 16.1. The third-order valence-electron chi connectivity index (χ3n) is 3.26. The fourth-order valence-corrected chi connectivity index (χ4v) is 2.02. The Hall–Kier alpha value is -3.29. The normalized spacial score (nSPS) is 11.9. The maximum absolute atomic E-state index is 11.0. The minimum atomic E-state index is -0.608. The monoisotopic (exact) mass is 309 g/mol. The van der Waals surface area contributed by atoms with E-state index in [0.29, 0.717) is 5.82 Å². The number of benzene rings is 1. The topological polar surface area (TPSA) is 112 Å². The SMILES string of the molecule is CC(Nc1ccc(C(N)=O)nn1)c1cn(-c2ccccc2)nn1. The molecule has 0 saturated heterocycles. The van der Waals surface area contributed by atoms with Crippen molar-refractivity contribution in [3.05, 3.63) is 60.0 Å². The Kier molecular flexibility index (Phi) is 3.96. The summed E-state index contributed by atoms with van der Waals surface area (Å²) in [5.74, 6) is -0.0836. The van der Waals surface area contributed by atoms with Gasteiger partial charge in [0.1, 0.15) is 11.5 Å². The summed E-state index contributed by atoms with van der Waals surface area (Å²) < 4.78 is 1.70. The quantitative estimate of drug-likeness (QED) is 0.735. The molecule has 8 heteroatoms. The summed E-state index contributed by atoms with van der Waals surface area (Å²) >= 11 is 0. The molecule has 1 unspecified atom stereocenters. The molecule has 3 N–H and O–H groups in total. The van der Waals surface area contributed by atoms with Crippen molar-refractivity contribution in [2.75, 3.05) is 5.32 Å². The minimum Gasteiger partial charge on any atom is -0.364 e. The molecule has 1 atom stereocenters. The van der Waals surface area contributed by atoms with Crippen LogP contribution in [0.1, 0.15) is 29.1 Å². The van der Waals surface area contributed by atoms with Crippen molar-refractivity contribution in [1.82, 2.24) is 25.2 Å². The van der Waals surface area contributed by atoms with Crippen LogP contribution in [0.2, 0.25) is 0 Å². The predicted molar refractivity (Wildman–Crippen MR) is 83.9 cm³/mol. The van der Waals surface area contributed by atoms with E-state index in [9.17, 15) is 4.79 Å². The second-order valence-electron chi connectivity index (χ2n) is 4.96. The van der Waals surface area contributed by atoms with Crippen LogP contribution < -0.4 is 11.1 Å². The summed E-state index contributed by atoms with van der Waals surface area (Å²) in [5, 5.41) is 19.1. The third kappa shape index (κ3) is 3.31. The smallest absolute Gasteiger partial charge is 0.269 e. The molecule has 0 aliphatic rings. The van der Waals surface area contributed by atoms with Crippen molar-refractivity contribution in [3.8, 4) is 5.69 Å². The van der Waals surface area contributed by atoms with E-state index in [1.54, 1.807) is 10.7 Å². The number of hydrogen-bond acceptors (Lipinski definition) is 6. The van der Waals surface area contributed by atoms with Gasteiger partial charge >= 0.3 is 0 Å². The molecule has 0 spiro atoms. The van der Waals surface area contributed by atoms with Gasteiger partial charge in [-0.05, 0) is 31.2 Å². The number of nitrogens with two attached hydrogens (primary N) is 1. The molecule has 1 aromatic carbocycles. The number of aromatic nitrogens is 5.